The van der Waals surface area contributed by atoms with E-state index < -0.39 is 33.6 Å². The number of hydrogen-bond donors (Lipinski definition) is 4. The first-order valence-electron chi connectivity index (χ1n) is 9.47. The van der Waals surface area contributed by atoms with Crippen LogP contribution in [0.3, 0.4) is 0 Å². The molecule has 0 bridgehead atoms. The van der Waals surface area contributed by atoms with Gasteiger partial charge in [-0.05, 0) is 49.4 Å². The number of benzene rings is 2. The van der Waals surface area contributed by atoms with Crippen LogP contribution in [0, 0.1) is 0 Å². The Labute approximate surface area is 191 Å². The molecule has 0 spiro atoms. The summed E-state index contributed by atoms with van der Waals surface area (Å²) in [5.41, 5.74) is 3.00. The molecule has 3 rings (SSSR count). The van der Waals surface area contributed by atoms with Gasteiger partial charge in [-0.1, -0.05) is 12.1 Å². The number of carbonyl (C=O) groups is 3. The van der Waals surface area contributed by atoms with Crippen molar-refractivity contribution in [1.82, 2.24) is 15.8 Å². The molecule has 0 aliphatic rings. The van der Waals surface area contributed by atoms with Gasteiger partial charge >= 0.3 is 6.18 Å². The van der Waals surface area contributed by atoms with Crippen LogP contribution in [0.25, 0.3) is 0 Å². The fourth-order valence-corrected chi connectivity index (χ4v) is 3.85. The quantitative estimate of drug-likeness (QED) is 0.308. The summed E-state index contributed by atoms with van der Waals surface area (Å²) < 4.78 is 65.9. The number of aromatic amines is 1. The van der Waals surface area contributed by atoms with E-state index in [1.165, 1.54) is 31.3 Å². The smallest absolute Gasteiger partial charge is 0.356 e. The first-order chi connectivity index (χ1) is 15.9. The van der Waals surface area contributed by atoms with E-state index in [-0.39, 0.29) is 33.2 Å². The van der Waals surface area contributed by atoms with Crippen LogP contribution in [0.1, 0.15) is 43.7 Å². The van der Waals surface area contributed by atoms with Crippen LogP contribution in [-0.2, 0) is 16.2 Å². The highest BCUT2D eigenvalue weighted by atomic mass is 32.2. The molecule has 0 aliphatic carbocycles. The van der Waals surface area contributed by atoms with Gasteiger partial charge in [0.25, 0.3) is 21.8 Å². The summed E-state index contributed by atoms with van der Waals surface area (Å²) in [4.78, 5) is 37.9. The van der Waals surface area contributed by atoms with E-state index in [4.69, 9.17) is 0 Å². The number of aromatic nitrogens is 1. The second kappa shape index (κ2) is 9.39. The first kappa shape index (κ1) is 24.5. The lowest BCUT2D eigenvalue weighted by Crippen LogP contribution is -2.41. The lowest BCUT2D eigenvalue weighted by atomic mass is 10.2. The summed E-state index contributed by atoms with van der Waals surface area (Å²) in [7, 11) is -4.33. The van der Waals surface area contributed by atoms with Gasteiger partial charge in [0.1, 0.15) is 5.69 Å². The van der Waals surface area contributed by atoms with E-state index in [0.717, 1.165) is 30.3 Å². The van der Waals surface area contributed by atoms with Crippen LogP contribution in [-0.4, -0.2) is 31.0 Å². The third kappa shape index (κ3) is 5.81. The SMILES string of the molecule is CC(=O)c1c[nH]c(C(=O)NNC(=O)c2cccc(S(=O)(=O)Nc3cccc(C(F)(F)F)c3)c2)c1. The fourth-order valence-electron chi connectivity index (χ4n) is 2.76. The summed E-state index contributed by atoms with van der Waals surface area (Å²) in [6.07, 6.45) is -3.33. The number of nitrogens with one attached hydrogen (secondary N) is 4. The molecule has 0 saturated carbocycles. The minimum Gasteiger partial charge on any atom is -0.356 e. The Hall–Kier alpha value is -4.13. The van der Waals surface area contributed by atoms with Crippen molar-refractivity contribution in [2.75, 3.05) is 4.72 Å². The van der Waals surface area contributed by atoms with Crippen molar-refractivity contribution < 1.29 is 36.0 Å². The third-order valence-corrected chi connectivity index (χ3v) is 5.85. The van der Waals surface area contributed by atoms with Gasteiger partial charge in [0.2, 0.25) is 0 Å². The predicted molar refractivity (Wildman–Crippen MR) is 114 cm³/mol. The van der Waals surface area contributed by atoms with E-state index in [9.17, 15) is 36.0 Å². The second-order valence-electron chi connectivity index (χ2n) is 6.98. The first-order valence-corrected chi connectivity index (χ1v) is 11.0. The minimum absolute atomic E-state index is 0.00659. The van der Waals surface area contributed by atoms with Crippen molar-refractivity contribution in [2.24, 2.45) is 0 Å². The molecule has 0 aliphatic heterocycles. The number of Topliss-reactive ketones (excluding diaryl/α,β-unsaturated/α-hetero) is 1. The summed E-state index contributed by atoms with van der Waals surface area (Å²) >= 11 is 0. The molecule has 178 valence electrons. The average molecular weight is 494 g/mol. The molecule has 9 nitrogen and oxygen atoms in total. The third-order valence-electron chi connectivity index (χ3n) is 4.47. The molecule has 2 amide bonds. The predicted octanol–water partition coefficient (Wildman–Crippen LogP) is 3.11. The molecule has 0 unspecified atom stereocenters. The van der Waals surface area contributed by atoms with E-state index >= 15 is 0 Å². The van der Waals surface area contributed by atoms with Crippen LogP contribution >= 0.6 is 0 Å². The number of halogens is 3. The van der Waals surface area contributed by atoms with E-state index in [1.54, 1.807) is 0 Å². The molecule has 2 aromatic carbocycles. The van der Waals surface area contributed by atoms with Gasteiger partial charge in [-0.2, -0.15) is 13.2 Å². The summed E-state index contributed by atoms with van der Waals surface area (Å²) in [6, 6.07) is 9.58. The number of ketones is 1. The fraction of sp³-hybridized carbons (Fsp3) is 0.0952. The molecule has 1 heterocycles. The number of hydrogen-bond acceptors (Lipinski definition) is 5. The van der Waals surface area contributed by atoms with Gasteiger partial charge in [-0.25, -0.2) is 8.42 Å². The molecule has 13 heteroatoms. The molecular weight excluding hydrogens is 477 g/mol. The van der Waals surface area contributed by atoms with Gasteiger partial charge in [-0.15, -0.1) is 0 Å². The lowest BCUT2D eigenvalue weighted by Gasteiger charge is -2.12. The van der Waals surface area contributed by atoms with E-state index in [2.05, 4.69) is 15.8 Å². The van der Waals surface area contributed by atoms with Gasteiger partial charge in [-0.3, -0.25) is 30.0 Å². The Morgan fingerprint density at radius 1 is 0.882 bits per heavy atom. The van der Waals surface area contributed by atoms with Crippen molar-refractivity contribution in [3.05, 3.63) is 83.2 Å². The number of rotatable bonds is 6. The number of hydrazine groups is 1. The maximum atomic E-state index is 12.9. The number of alkyl halides is 3. The van der Waals surface area contributed by atoms with Crippen LogP contribution in [0.4, 0.5) is 18.9 Å². The Kier molecular flexibility index (Phi) is 6.77. The van der Waals surface area contributed by atoms with Crippen LogP contribution in [0.2, 0.25) is 0 Å². The molecule has 0 fully saturated rings. The Morgan fingerprint density at radius 2 is 1.56 bits per heavy atom. The zero-order valence-electron chi connectivity index (χ0n) is 17.4. The van der Waals surface area contributed by atoms with Crippen LogP contribution in [0.5, 0.6) is 0 Å². The van der Waals surface area contributed by atoms with Crippen molar-refractivity contribution in [3.63, 3.8) is 0 Å². The minimum atomic E-state index is -4.66. The zero-order chi connectivity index (χ0) is 25.1. The molecule has 0 radical (unpaired) electrons. The lowest BCUT2D eigenvalue weighted by molar-refractivity contribution is -0.137. The van der Waals surface area contributed by atoms with E-state index in [0.29, 0.717) is 6.07 Å². The summed E-state index contributed by atoms with van der Waals surface area (Å²) in [6.45, 7) is 1.32. The van der Waals surface area contributed by atoms with Crippen molar-refractivity contribution >= 4 is 33.3 Å². The highest BCUT2D eigenvalue weighted by molar-refractivity contribution is 7.92. The Balaban J connectivity index is 1.71. The van der Waals surface area contributed by atoms with E-state index in [1.807, 2.05) is 4.72 Å². The highest BCUT2D eigenvalue weighted by Gasteiger charge is 2.30. The molecule has 0 atom stereocenters. The standard InChI is InChI=1S/C21H17F3N4O5S/c1-12(29)14-9-18(25-11-14)20(31)27-26-19(30)13-4-2-7-17(8-13)34(32,33)28-16-6-3-5-15(10-16)21(22,23)24/h2-11,25,28H,1H3,(H,26,30)(H,27,31). The van der Waals surface area contributed by atoms with Gasteiger partial charge in [0.15, 0.2) is 5.78 Å². The van der Waals surface area contributed by atoms with Crippen molar-refractivity contribution in [1.29, 1.82) is 0 Å². The zero-order valence-corrected chi connectivity index (χ0v) is 18.2. The van der Waals surface area contributed by atoms with Gasteiger partial charge < -0.3 is 4.98 Å². The maximum Gasteiger partial charge on any atom is 0.416 e. The average Bonchev–Trinajstić information content (AvgIpc) is 3.27. The highest BCUT2D eigenvalue weighted by Crippen LogP contribution is 2.31. The van der Waals surface area contributed by atoms with Crippen molar-refractivity contribution in [2.45, 2.75) is 18.0 Å². The molecule has 4 N–H and O–H groups in total. The monoisotopic (exact) mass is 494 g/mol. The number of anilines is 1. The normalized spacial score (nSPS) is 11.5. The molecule has 3 aromatic rings. The molecule has 1 aromatic heterocycles. The summed E-state index contributed by atoms with van der Waals surface area (Å²) in [5.74, 6) is -1.88. The number of sulfonamides is 1. The summed E-state index contributed by atoms with van der Waals surface area (Å²) in [5, 5.41) is 0. The van der Waals surface area contributed by atoms with Crippen LogP contribution < -0.4 is 15.6 Å². The number of amides is 2. The largest absolute Gasteiger partial charge is 0.416 e. The topological polar surface area (TPSA) is 137 Å². The maximum absolute atomic E-state index is 12.9. The van der Waals surface area contributed by atoms with Crippen molar-refractivity contribution in [3.8, 4) is 0 Å². The number of carbonyl (C=O) groups excluding carboxylic acids is 3. The van der Waals surface area contributed by atoms with Gasteiger partial charge in [0.05, 0.1) is 10.5 Å². The molecule has 0 saturated heterocycles. The molecular formula is C21H17F3N4O5S. The Bertz CT molecular complexity index is 1370. The number of H-pyrrole nitrogens is 1. The molecule has 34 heavy (non-hydrogen) atoms. The van der Waals surface area contributed by atoms with Crippen LogP contribution in [0.15, 0.2) is 65.7 Å². The Morgan fingerprint density at radius 3 is 2.21 bits per heavy atom. The second-order valence-corrected chi connectivity index (χ2v) is 8.66. The van der Waals surface area contributed by atoms with Gasteiger partial charge in [0, 0.05) is 23.0 Å².